The summed E-state index contributed by atoms with van der Waals surface area (Å²) in [6, 6.07) is 78.9. The van der Waals surface area contributed by atoms with Gasteiger partial charge in [-0.2, -0.15) is 6.42 Å². The van der Waals surface area contributed by atoms with E-state index < -0.39 is 15.7 Å². The Kier molecular flexibility index (Phi) is 40.7. The second-order valence-electron chi connectivity index (χ2n) is 33.6. The van der Waals surface area contributed by atoms with Gasteiger partial charge in [0.1, 0.15) is 8.07 Å². The van der Waals surface area contributed by atoms with E-state index in [2.05, 4.69) is 227 Å². The molecule has 23 rings (SSSR count). The molecule has 1 N–H and O–H groups in total. The van der Waals surface area contributed by atoms with Crippen LogP contribution in [0.4, 0.5) is 0 Å². The third-order valence-corrected chi connectivity index (χ3v) is 39.3. The number of carbonyl (C=O) groups is 8. The van der Waals surface area contributed by atoms with Crippen LogP contribution in [0.25, 0.3) is 65.6 Å². The van der Waals surface area contributed by atoms with Crippen LogP contribution in [0.15, 0.2) is 319 Å². The molecule has 5 aliphatic heterocycles. The second kappa shape index (κ2) is 52.3. The zero-order chi connectivity index (χ0) is 102. The van der Waals surface area contributed by atoms with Gasteiger partial charge in [-0.3, -0.25) is 42.9 Å². The van der Waals surface area contributed by atoms with Crippen molar-refractivity contribution in [3.8, 4) is 48.5 Å². The molecule has 147 heavy (non-hydrogen) atoms. The van der Waals surface area contributed by atoms with E-state index in [-0.39, 0.29) is 126 Å². The van der Waals surface area contributed by atoms with E-state index in [0.717, 1.165) is 22.0 Å². The van der Waals surface area contributed by atoms with Gasteiger partial charge in [-0.15, -0.1) is 48.3 Å². The van der Waals surface area contributed by atoms with E-state index in [4.69, 9.17) is 28.3 Å². The summed E-state index contributed by atoms with van der Waals surface area (Å²) in [6.45, 7) is 16.5. The number of terminal acetylenes is 3. The van der Waals surface area contributed by atoms with Crippen LogP contribution in [0.2, 0.25) is 19.6 Å². The van der Waals surface area contributed by atoms with Crippen LogP contribution >= 0.6 is 141 Å². The minimum Gasteiger partial charge on any atom is -0.870 e. The Bertz CT molecular complexity index is 8360. The Morgan fingerprint density at radius 2 is 0.619 bits per heavy atom. The van der Waals surface area contributed by atoms with Gasteiger partial charge in [0.05, 0.1) is 16.9 Å². The quantitative estimate of drug-likeness (QED) is 0.0517. The third kappa shape index (κ3) is 25.2. The zero-order valence-corrected chi connectivity index (χ0v) is 96.1. The number of benzene rings is 14. The summed E-state index contributed by atoms with van der Waals surface area (Å²) in [5.41, 5.74) is 16.1. The summed E-state index contributed by atoms with van der Waals surface area (Å²) in [5, 5.41) is 37.1. The number of halogens is 1. The molecule has 9 aliphatic rings. The molecule has 27 heteroatoms. The molecule has 0 saturated heterocycles. The Labute approximate surface area is 961 Å². The number of rotatable bonds is 5. The molecule has 14 aromatic carbocycles. The fourth-order valence-corrected chi connectivity index (χ4v) is 29.7. The summed E-state index contributed by atoms with van der Waals surface area (Å²) in [6.07, 6.45) is 20.8. The number of hydrogen-bond donors (Lipinski definition) is 0. The molecule has 0 spiro atoms. The molecule has 0 amide bonds. The fraction of sp³-hybridized carbons (Fsp3) is 0.0917. The maximum absolute atomic E-state index is 12.6. The van der Waals surface area contributed by atoms with Gasteiger partial charge >= 0.3 is 77.8 Å². The number of hydrogen-bond acceptors (Lipinski definition) is 22. The molecule has 0 atom stereocenters. The number of unbranched alkanes of at least 4 members (excludes halogenated alkanes) is 1. The van der Waals surface area contributed by atoms with Gasteiger partial charge in [-0.05, 0) is 213 Å². The van der Waals surface area contributed by atoms with Crippen molar-refractivity contribution in [3.63, 3.8) is 0 Å². The molecule has 12 nitrogen and oxygen atoms in total. The SMILES string of the molecule is C#Cc1ccc2c(=C3SC=CS3)c3ccccc3c(=C3SC=CS3)c2c1.C#Cc1ccc2c(c1)C(=O)c1ccccc1C2=O.C#Cc1ccc2c(c1)C(=O)c1ccccc1C2=O.C/C=C(/C)c1ccc2c(=C3SC=CS3)c3ccccc3c(=C3SC=CS3)c2c1.COP(=O)(OC)C1SC=CS1.C[Si](C)(C)C#Cc1ccc2c(c1)C(=O)c1ccccc1C2=O.O=C1c2ccccc2C(=O)c2cc(Br)ccc21.[CH2-]CCC.[K+].[Li+].[OH-]. The molecule has 5 heterocycles. The van der Waals surface area contributed by atoms with Crippen LogP contribution in [0.5, 0.6) is 0 Å². The van der Waals surface area contributed by atoms with Crippen molar-refractivity contribution < 1.29 is 128 Å². The molecule has 0 bridgehead atoms. The second-order valence-corrected chi connectivity index (χ2v) is 53.0. The van der Waals surface area contributed by atoms with E-state index >= 15 is 0 Å². The van der Waals surface area contributed by atoms with Crippen molar-refractivity contribution in [1.82, 2.24) is 0 Å². The van der Waals surface area contributed by atoms with E-state index in [1.165, 1.54) is 136 Å². The van der Waals surface area contributed by atoms with E-state index in [0.29, 0.717) is 100 Å². The number of fused-ring (bicyclic) bond motifs is 12. The summed E-state index contributed by atoms with van der Waals surface area (Å²) in [4.78, 5) is 98.6. The van der Waals surface area contributed by atoms with Crippen LogP contribution in [0.3, 0.4) is 0 Å². The molecule has 0 aromatic heterocycles. The van der Waals surface area contributed by atoms with Crippen LogP contribution in [-0.2, 0) is 13.6 Å². The van der Waals surface area contributed by atoms with E-state index in [1.807, 2.05) is 63.9 Å². The zero-order valence-electron chi connectivity index (χ0n) is 81.4. The largest absolute Gasteiger partial charge is 1.00 e. The van der Waals surface area contributed by atoms with Crippen LogP contribution in [0, 0.1) is 55.4 Å². The average Bonchev–Trinajstić information content (AvgIpc) is 1.60. The number of thioether (sulfide) groups is 10. The molecular weight excluding hydrogens is 2140 g/mol. The molecule has 0 radical (unpaired) electrons. The monoisotopic (exact) mass is 2220 g/mol. The molecular formula is C120H88BrKLiO12PS10Si. The van der Waals surface area contributed by atoms with Crippen LogP contribution in [-0.4, -0.2) is 78.4 Å². The van der Waals surface area contributed by atoms with Gasteiger partial charge in [0.15, 0.2) is 50.6 Å². The van der Waals surface area contributed by atoms with Crippen molar-refractivity contribution >= 4 is 261 Å². The predicted molar refractivity (Wildman–Crippen MR) is 624 cm³/mol. The minimum atomic E-state index is -2.87. The van der Waals surface area contributed by atoms with Crippen LogP contribution in [0.1, 0.15) is 189 Å². The Balaban J connectivity index is 0.000000144. The number of ketones is 8. The first kappa shape index (κ1) is 114. The molecule has 0 saturated carbocycles. The number of allylic oxidation sites excluding steroid dienone is 2. The predicted octanol–water partition coefficient (Wildman–Crippen LogP) is 23.4. The van der Waals surface area contributed by atoms with Gasteiger partial charge in [-0.1, -0.05) is 337 Å². The van der Waals surface area contributed by atoms with Crippen molar-refractivity contribution in [2.24, 2.45) is 0 Å². The van der Waals surface area contributed by atoms with Crippen molar-refractivity contribution in [2.75, 3.05) is 14.2 Å². The van der Waals surface area contributed by atoms with Crippen LogP contribution < -0.4 is 91.1 Å². The van der Waals surface area contributed by atoms with Gasteiger partial charge in [-0.25, -0.2) is 0 Å². The first-order valence-corrected chi connectivity index (χ1v) is 60.0. The van der Waals surface area contributed by atoms with E-state index in [1.54, 1.807) is 211 Å². The third-order valence-electron chi connectivity index (χ3n) is 23.7. The van der Waals surface area contributed by atoms with E-state index in [9.17, 15) is 42.9 Å². The van der Waals surface area contributed by atoms with Crippen molar-refractivity contribution in [3.05, 3.63) is 464 Å². The van der Waals surface area contributed by atoms with Gasteiger partial charge in [0.2, 0.25) is 0 Å². The Morgan fingerprint density at radius 1 is 0.367 bits per heavy atom. The average molecular weight is 2230 g/mol. The standard InChI is InChI=1S/C24H18S4.C22H12S4.C19H16O2Si.2C16H8O2.C14H7BrO2.C5H9O3PS2.C4H9.K.Li.H2O/c1-3-15(2)16-8-9-19-20(14-16)22(24-27-12-13-28-24)18-7-5-4-6-17(18)21(19)23-25-10-11-26-23;1-2-14-7-8-17-18(13-14)20(22-25-11-12-26-22)16-6-4-3-5-15(16)19(17)21-23-9-10-24-21;1-22(2,3)11-10-13-8-9-16-17(12-13)19(21)15-7-5-4-6-14(15)18(16)20;2*1-2-10-7-8-13-14(9-10)16(18)12-6-4-3-5-11(12)15(13)17;15-8-5-6-11-12(7-8)14(17)10-4-2-1-3-9(10)13(11)16;1-7-9(6,8-2)5-10-3-4-11-5;1-3-4-2;;;/h3-14H,1-2H3;1,3-13H;4-9,12H,1-3H3;2*1,3-9H;1-7H;3-5H,1-2H3;1,3-4H2,2H3;;;1H2/q;;;;;;;-1;2*+1;/p-1/b15-3-;;;;;;;;;;. The fourth-order valence-electron chi connectivity index (χ4n) is 16.6. The van der Waals surface area contributed by atoms with Gasteiger partial charge in [0.25, 0.3) is 0 Å². The smallest absolute Gasteiger partial charge is 0.870 e. The Morgan fingerprint density at radius 3 is 0.925 bits per heavy atom. The molecule has 718 valence electrons. The van der Waals surface area contributed by atoms with Gasteiger partial charge in [0, 0.05) is 151 Å². The molecule has 14 aromatic rings. The first-order valence-electron chi connectivity index (χ1n) is 45.2. The summed E-state index contributed by atoms with van der Waals surface area (Å²) in [7, 11) is -1.53. The van der Waals surface area contributed by atoms with Crippen molar-refractivity contribution in [1.29, 1.82) is 0 Å². The maximum atomic E-state index is 12.6. The Hall–Kier alpha value is -9.82. The minimum absolute atomic E-state index is 0. The maximum Gasteiger partial charge on any atom is 1.00 e. The molecule has 0 fully saturated rings. The van der Waals surface area contributed by atoms with Gasteiger partial charge < -0.3 is 21.4 Å². The molecule has 0 unspecified atom stereocenters. The number of carbonyl (C=O) groups excluding carboxylic acids is 8. The van der Waals surface area contributed by atoms with Crippen molar-refractivity contribution in [2.45, 2.75) is 57.6 Å². The normalized spacial score (nSPS) is 14.3. The summed E-state index contributed by atoms with van der Waals surface area (Å²) < 4.78 is 27.3. The summed E-state index contributed by atoms with van der Waals surface area (Å²) >= 11 is 20.8. The summed E-state index contributed by atoms with van der Waals surface area (Å²) in [5.74, 6) is 10.0. The molecule has 4 aliphatic carbocycles. The topological polar surface area (TPSA) is 202 Å². The first-order chi connectivity index (χ1) is 69.8.